The van der Waals surface area contributed by atoms with Gasteiger partial charge in [-0.25, -0.2) is 0 Å². The van der Waals surface area contributed by atoms with Crippen LogP contribution in [-0.4, -0.2) is 52.3 Å². The summed E-state index contributed by atoms with van der Waals surface area (Å²) >= 11 is 7.90. The lowest BCUT2D eigenvalue weighted by molar-refractivity contribution is -0.146. The summed E-state index contributed by atoms with van der Waals surface area (Å²) < 4.78 is 37.7. The van der Waals surface area contributed by atoms with E-state index >= 15 is 0 Å². The van der Waals surface area contributed by atoms with Gasteiger partial charge >= 0.3 is 5.97 Å². The molecule has 10 nitrogen and oxygen atoms in total. The monoisotopic (exact) mass is 711 g/mol. The van der Waals surface area contributed by atoms with Crippen LogP contribution in [0.15, 0.2) is 66.7 Å². The zero-order valence-corrected chi connectivity index (χ0v) is 28.8. The average molecular weight is 713 g/mol. The molecule has 1 aliphatic heterocycles. The van der Waals surface area contributed by atoms with Crippen LogP contribution in [0, 0.1) is 6.92 Å². The molecule has 1 atom stereocenters. The van der Waals surface area contributed by atoms with Crippen molar-refractivity contribution < 1.29 is 33.6 Å². The van der Waals surface area contributed by atoms with Crippen LogP contribution in [0.25, 0.3) is 22.2 Å². The first-order valence-corrected chi connectivity index (χ1v) is 16.3. The number of carbonyl (C=O) groups excluding carboxylic acids is 1. The second kappa shape index (κ2) is 16.3. The smallest absolute Gasteiger partial charge is 0.325 e. The molecule has 0 fully saturated rings. The molecule has 1 aliphatic rings. The molecule has 2 N–H and O–H groups in total. The summed E-state index contributed by atoms with van der Waals surface area (Å²) in [6.45, 7) is 5.34. The molecule has 1 aromatic heterocycles. The molecule has 6 rings (SSSR count). The van der Waals surface area contributed by atoms with E-state index in [2.05, 4.69) is 27.1 Å². The molecule has 48 heavy (non-hydrogen) atoms. The highest BCUT2D eigenvalue weighted by Gasteiger charge is 2.20. The Morgan fingerprint density at radius 1 is 0.958 bits per heavy atom. The van der Waals surface area contributed by atoms with E-state index in [1.807, 2.05) is 48.5 Å². The molecule has 0 saturated heterocycles. The van der Waals surface area contributed by atoms with E-state index in [4.69, 9.17) is 35.3 Å². The maximum atomic E-state index is 12.3. The number of esters is 1. The highest BCUT2D eigenvalue weighted by Crippen LogP contribution is 2.37. The minimum absolute atomic E-state index is 0. The van der Waals surface area contributed by atoms with Gasteiger partial charge in [-0.05, 0) is 72.0 Å². The van der Waals surface area contributed by atoms with Crippen molar-refractivity contribution in [1.82, 2.24) is 14.1 Å². The highest BCUT2D eigenvalue weighted by atomic mass is 35.5. The summed E-state index contributed by atoms with van der Waals surface area (Å²) in [5.41, 5.74) is 7.36. The summed E-state index contributed by atoms with van der Waals surface area (Å²) in [7, 11) is 0. The standard InChI is InChI=1S/C35H34ClN3O7S.ClH/c1-3-42-35(41)30(18-40)37-17-25-14-27(36)33(16-32(25)45-19-22-7-9-28-29(13-22)39-47-38-28)46-20-24-5-4-6-26(21(24)2)23-8-10-31-34(15-23)44-12-11-43-31;/h4-10,13-16,30,37,40H,3,11-12,17-20H2,1-2H3;1H. The SMILES string of the molecule is CCOC(=O)C(CO)NCc1cc(Cl)c(OCc2cccc(-c3ccc4c(c3)OCCO4)c2C)cc1OCc1ccc2nsnc2c1.Cl. The number of hydrogen-bond donors (Lipinski definition) is 2. The minimum Gasteiger partial charge on any atom is -0.488 e. The largest absolute Gasteiger partial charge is 0.488 e. The van der Waals surface area contributed by atoms with Crippen LogP contribution in [0.4, 0.5) is 0 Å². The molecule has 13 heteroatoms. The maximum absolute atomic E-state index is 12.3. The van der Waals surface area contributed by atoms with Gasteiger partial charge < -0.3 is 28.8 Å². The molecule has 252 valence electrons. The molecule has 1 unspecified atom stereocenters. The summed E-state index contributed by atoms with van der Waals surface area (Å²) in [6.07, 6.45) is 0. The van der Waals surface area contributed by atoms with Crippen molar-refractivity contribution in [3.63, 3.8) is 0 Å². The summed E-state index contributed by atoms with van der Waals surface area (Å²) in [4.78, 5) is 12.3. The van der Waals surface area contributed by atoms with E-state index in [1.165, 1.54) is 0 Å². The lowest BCUT2D eigenvalue weighted by Gasteiger charge is -2.20. The number of aliphatic hydroxyl groups is 1. The second-order valence-corrected chi connectivity index (χ2v) is 11.8. The Kier molecular flexibility index (Phi) is 12.0. The summed E-state index contributed by atoms with van der Waals surface area (Å²) in [5.74, 6) is 1.90. The van der Waals surface area contributed by atoms with Crippen molar-refractivity contribution in [2.24, 2.45) is 0 Å². The number of aromatic nitrogens is 2. The molecule has 0 radical (unpaired) electrons. The summed E-state index contributed by atoms with van der Waals surface area (Å²) in [6, 6.07) is 20.4. The number of rotatable bonds is 13. The van der Waals surface area contributed by atoms with E-state index in [-0.39, 0.29) is 38.8 Å². The fourth-order valence-corrected chi connectivity index (χ4v) is 6.01. The highest BCUT2D eigenvalue weighted by molar-refractivity contribution is 7.00. The lowest BCUT2D eigenvalue weighted by Crippen LogP contribution is -2.40. The average Bonchev–Trinajstić information content (AvgIpc) is 3.56. The molecule has 0 aliphatic carbocycles. The van der Waals surface area contributed by atoms with Crippen molar-refractivity contribution in [1.29, 1.82) is 0 Å². The van der Waals surface area contributed by atoms with Gasteiger partial charge in [0.1, 0.15) is 55.0 Å². The van der Waals surface area contributed by atoms with Gasteiger partial charge in [0, 0.05) is 18.2 Å². The van der Waals surface area contributed by atoms with Crippen LogP contribution >= 0.6 is 35.7 Å². The fraction of sp³-hybridized carbons (Fsp3) is 0.286. The third-order valence-corrected chi connectivity index (χ3v) is 8.65. The zero-order chi connectivity index (χ0) is 32.8. The predicted molar refractivity (Wildman–Crippen MR) is 187 cm³/mol. The van der Waals surface area contributed by atoms with Crippen molar-refractivity contribution >= 4 is 52.7 Å². The van der Waals surface area contributed by atoms with Crippen LogP contribution in [0.3, 0.4) is 0 Å². The van der Waals surface area contributed by atoms with Gasteiger partial charge in [-0.2, -0.15) is 8.75 Å². The Hall–Kier alpha value is -4.13. The van der Waals surface area contributed by atoms with Gasteiger partial charge in [-0.3, -0.25) is 10.1 Å². The molecule has 5 aromatic rings. The number of carbonyl (C=O) groups is 1. The van der Waals surface area contributed by atoms with Crippen LogP contribution < -0.4 is 24.3 Å². The number of benzene rings is 4. The van der Waals surface area contributed by atoms with Crippen LogP contribution in [0.5, 0.6) is 23.0 Å². The minimum atomic E-state index is -0.901. The van der Waals surface area contributed by atoms with E-state index in [9.17, 15) is 9.90 Å². The fourth-order valence-electron chi connectivity index (χ4n) is 5.26. The Morgan fingerprint density at radius 2 is 1.75 bits per heavy atom. The van der Waals surface area contributed by atoms with Gasteiger partial charge in [0.25, 0.3) is 0 Å². The molecule has 0 amide bonds. The molecular weight excluding hydrogens is 677 g/mol. The Balaban J connectivity index is 0.00000451. The Bertz CT molecular complexity index is 1890. The van der Waals surface area contributed by atoms with Crippen molar-refractivity contribution in [3.8, 4) is 34.1 Å². The Morgan fingerprint density at radius 3 is 2.56 bits per heavy atom. The van der Waals surface area contributed by atoms with Gasteiger partial charge in [-0.1, -0.05) is 41.9 Å². The van der Waals surface area contributed by atoms with Crippen LogP contribution in [-0.2, 0) is 29.3 Å². The van der Waals surface area contributed by atoms with E-state index in [0.717, 1.165) is 62.1 Å². The normalized spacial score (nSPS) is 12.7. The number of ether oxygens (including phenoxy) is 5. The first-order valence-electron chi connectivity index (χ1n) is 15.2. The molecule has 4 aromatic carbocycles. The van der Waals surface area contributed by atoms with Crippen molar-refractivity contribution in [3.05, 3.63) is 94.0 Å². The van der Waals surface area contributed by atoms with Crippen molar-refractivity contribution in [2.45, 2.75) is 39.6 Å². The molecule has 2 heterocycles. The number of fused-ring (bicyclic) bond motifs is 2. The first-order chi connectivity index (χ1) is 22.9. The maximum Gasteiger partial charge on any atom is 0.325 e. The zero-order valence-electron chi connectivity index (χ0n) is 26.4. The number of nitrogens with one attached hydrogen (secondary N) is 1. The van der Waals surface area contributed by atoms with Crippen molar-refractivity contribution in [2.75, 3.05) is 26.4 Å². The Labute approximate surface area is 293 Å². The molecule has 0 saturated carbocycles. The van der Waals surface area contributed by atoms with E-state index in [0.29, 0.717) is 35.3 Å². The van der Waals surface area contributed by atoms with Gasteiger partial charge in [0.2, 0.25) is 0 Å². The number of halogens is 2. The van der Waals surface area contributed by atoms with E-state index in [1.54, 1.807) is 19.1 Å². The van der Waals surface area contributed by atoms with Gasteiger partial charge in [-0.15, -0.1) is 12.4 Å². The van der Waals surface area contributed by atoms with Gasteiger partial charge in [0.15, 0.2) is 11.5 Å². The number of nitrogens with zero attached hydrogens (tertiary/aromatic N) is 2. The predicted octanol–water partition coefficient (Wildman–Crippen LogP) is 6.68. The summed E-state index contributed by atoms with van der Waals surface area (Å²) in [5, 5.41) is 13.2. The number of aliphatic hydroxyl groups excluding tert-OH is 1. The molecule has 0 spiro atoms. The quantitative estimate of drug-likeness (QED) is 0.128. The van der Waals surface area contributed by atoms with E-state index < -0.39 is 18.6 Å². The first kappa shape index (κ1) is 35.2. The van der Waals surface area contributed by atoms with Crippen LogP contribution in [0.1, 0.15) is 29.2 Å². The van der Waals surface area contributed by atoms with Gasteiger partial charge in [0.05, 0.1) is 30.0 Å². The number of hydrogen-bond acceptors (Lipinski definition) is 11. The third kappa shape index (κ3) is 8.11. The van der Waals surface area contributed by atoms with Crippen LogP contribution in [0.2, 0.25) is 5.02 Å². The molecular formula is C35H35Cl2N3O7S. The third-order valence-electron chi connectivity index (χ3n) is 7.80. The second-order valence-electron chi connectivity index (χ2n) is 10.9. The lowest BCUT2D eigenvalue weighted by atomic mass is 9.96. The topological polar surface area (TPSA) is 121 Å². The molecule has 0 bridgehead atoms.